The number of rotatable bonds is 3. The fraction of sp³-hybridized carbons (Fsp3) is 0.647. The largest absolute Gasteiger partial charge is 0.363 e. The van der Waals surface area contributed by atoms with Gasteiger partial charge in [0.1, 0.15) is 29.3 Å². The molecular formula is C17H21ClN6. The molecule has 0 saturated heterocycles. The van der Waals surface area contributed by atoms with Gasteiger partial charge in [-0.2, -0.15) is 5.10 Å². The van der Waals surface area contributed by atoms with Crippen molar-refractivity contribution in [2.24, 2.45) is 11.8 Å². The van der Waals surface area contributed by atoms with Gasteiger partial charge in [0.25, 0.3) is 0 Å². The molecule has 2 unspecified atom stereocenters. The molecule has 4 aliphatic rings. The van der Waals surface area contributed by atoms with Crippen LogP contribution < -0.4 is 5.32 Å². The van der Waals surface area contributed by atoms with Crippen LogP contribution in [0, 0.1) is 18.8 Å². The molecule has 0 amide bonds. The SMILES string of the molecule is Cc1ncc(Cl)c(NC23CC4CC(C2)CC(n2cncn2)(C4)C3)n1. The molecule has 0 spiro atoms. The molecule has 0 aromatic carbocycles. The van der Waals surface area contributed by atoms with Gasteiger partial charge in [-0.3, -0.25) is 0 Å². The van der Waals surface area contributed by atoms with Crippen molar-refractivity contribution in [3.05, 3.63) is 29.7 Å². The number of halogens is 1. The summed E-state index contributed by atoms with van der Waals surface area (Å²) in [7, 11) is 0. The summed E-state index contributed by atoms with van der Waals surface area (Å²) in [6.45, 7) is 1.90. The van der Waals surface area contributed by atoms with Gasteiger partial charge in [0.05, 0.1) is 11.7 Å². The van der Waals surface area contributed by atoms with E-state index in [0.29, 0.717) is 5.02 Å². The highest BCUT2D eigenvalue weighted by Gasteiger charge is 2.59. The van der Waals surface area contributed by atoms with E-state index in [0.717, 1.165) is 29.9 Å². The van der Waals surface area contributed by atoms with Crippen molar-refractivity contribution in [2.75, 3.05) is 5.32 Å². The highest BCUT2D eigenvalue weighted by atomic mass is 35.5. The van der Waals surface area contributed by atoms with E-state index in [1.54, 1.807) is 12.5 Å². The van der Waals surface area contributed by atoms with E-state index in [1.807, 2.05) is 13.3 Å². The van der Waals surface area contributed by atoms with Crippen molar-refractivity contribution in [1.29, 1.82) is 0 Å². The molecule has 2 aromatic rings. The Hall–Kier alpha value is -1.69. The Bertz CT molecular complexity index is 759. The zero-order chi connectivity index (χ0) is 16.4. The third-order valence-corrected chi connectivity index (χ3v) is 6.46. The quantitative estimate of drug-likeness (QED) is 0.926. The molecule has 7 heteroatoms. The van der Waals surface area contributed by atoms with Gasteiger partial charge in [-0.15, -0.1) is 0 Å². The third kappa shape index (κ3) is 2.15. The second-order valence-electron chi connectivity index (χ2n) is 8.04. The predicted octanol–water partition coefficient (Wildman–Crippen LogP) is 3.19. The molecular weight excluding hydrogens is 324 g/mol. The monoisotopic (exact) mass is 344 g/mol. The van der Waals surface area contributed by atoms with Crippen LogP contribution in [0.5, 0.6) is 0 Å². The molecule has 6 nitrogen and oxygen atoms in total. The zero-order valence-corrected chi connectivity index (χ0v) is 14.5. The lowest BCUT2D eigenvalue weighted by Gasteiger charge is -2.62. The van der Waals surface area contributed by atoms with E-state index in [2.05, 4.69) is 30.0 Å². The zero-order valence-electron chi connectivity index (χ0n) is 13.7. The minimum Gasteiger partial charge on any atom is -0.363 e. The van der Waals surface area contributed by atoms with Crippen molar-refractivity contribution in [3.63, 3.8) is 0 Å². The average molecular weight is 345 g/mol. The number of hydrogen-bond acceptors (Lipinski definition) is 5. The summed E-state index contributed by atoms with van der Waals surface area (Å²) in [6, 6.07) is 0. The molecule has 4 fully saturated rings. The minimum atomic E-state index is 0.0560. The van der Waals surface area contributed by atoms with Gasteiger partial charge in [-0.05, 0) is 57.3 Å². The molecule has 2 aromatic heterocycles. The molecule has 2 heterocycles. The summed E-state index contributed by atoms with van der Waals surface area (Å²) >= 11 is 6.36. The van der Waals surface area contributed by atoms with Crippen LogP contribution in [0.15, 0.2) is 18.9 Å². The Kier molecular flexibility index (Phi) is 2.99. The summed E-state index contributed by atoms with van der Waals surface area (Å²) in [6.07, 6.45) is 12.5. The van der Waals surface area contributed by atoms with Gasteiger partial charge in [-0.25, -0.2) is 19.6 Å². The number of aryl methyl sites for hydroxylation is 1. The lowest BCUT2D eigenvalue weighted by atomic mass is 9.50. The standard InChI is InChI=1S/C17H21ClN6/c1-11-20-7-14(18)15(22-11)23-16-3-12-2-13(4-16)6-17(5-12,8-16)24-10-19-9-21-24/h7,9-10,12-13H,2-6,8H2,1H3,(H,20,22,23). The smallest absolute Gasteiger partial charge is 0.148 e. The molecule has 0 radical (unpaired) electrons. The van der Waals surface area contributed by atoms with Crippen molar-refractivity contribution in [3.8, 4) is 0 Å². The van der Waals surface area contributed by atoms with Crippen LogP contribution in [0.2, 0.25) is 5.02 Å². The number of hydrogen-bond donors (Lipinski definition) is 1. The van der Waals surface area contributed by atoms with Crippen molar-refractivity contribution >= 4 is 17.4 Å². The van der Waals surface area contributed by atoms with Crippen LogP contribution in [0.3, 0.4) is 0 Å². The normalized spacial score (nSPS) is 36.9. The molecule has 126 valence electrons. The van der Waals surface area contributed by atoms with E-state index in [9.17, 15) is 0 Å². The first kappa shape index (κ1) is 14.6. The molecule has 4 saturated carbocycles. The van der Waals surface area contributed by atoms with Crippen molar-refractivity contribution < 1.29 is 0 Å². The van der Waals surface area contributed by atoms with Gasteiger partial charge < -0.3 is 5.32 Å². The summed E-state index contributed by atoms with van der Waals surface area (Å²) in [5, 5.41) is 8.84. The number of nitrogens with zero attached hydrogens (tertiary/aromatic N) is 5. The highest BCUT2D eigenvalue weighted by molar-refractivity contribution is 6.32. The molecule has 2 atom stereocenters. The van der Waals surface area contributed by atoms with Crippen LogP contribution in [0.1, 0.15) is 44.3 Å². The Balaban J connectivity index is 1.53. The summed E-state index contributed by atoms with van der Waals surface area (Å²) in [4.78, 5) is 12.9. The van der Waals surface area contributed by atoms with Gasteiger partial charge >= 0.3 is 0 Å². The van der Waals surface area contributed by atoms with E-state index in [4.69, 9.17) is 11.6 Å². The first-order valence-corrected chi connectivity index (χ1v) is 9.06. The first-order valence-electron chi connectivity index (χ1n) is 8.68. The lowest BCUT2D eigenvalue weighted by molar-refractivity contribution is -0.0558. The van der Waals surface area contributed by atoms with Gasteiger partial charge in [-0.1, -0.05) is 11.6 Å². The van der Waals surface area contributed by atoms with Gasteiger partial charge in [0.15, 0.2) is 0 Å². The molecule has 4 aliphatic carbocycles. The maximum absolute atomic E-state index is 6.36. The second kappa shape index (κ2) is 4.91. The van der Waals surface area contributed by atoms with Crippen LogP contribution >= 0.6 is 11.6 Å². The number of nitrogens with one attached hydrogen (secondary N) is 1. The average Bonchev–Trinajstić information content (AvgIpc) is 3.04. The Morgan fingerprint density at radius 2 is 2.04 bits per heavy atom. The number of aromatic nitrogens is 5. The fourth-order valence-corrected chi connectivity index (χ4v) is 6.01. The number of anilines is 1. The minimum absolute atomic E-state index is 0.0560. The Morgan fingerprint density at radius 3 is 2.75 bits per heavy atom. The second-order valence-corrected chi connectivity index (χ2v) is 8.45. The van der Waals surface area contributed by atoms with E-state index >= 15 is 0 Å². The molecule has 1 N–H and O–H groups in total. The van der Waals surface area contributed by atoms with Crippen LogP contribution in [0.25, 0.3) is 0 Å². The van der Waals surface area contributed by atoms with Crippen LogP contribution in [-0.2, 0) is 5.54 Å². The van der Waals surface area contributed by atoms with E-state index in [-0.39, 0.29) is 11.1 Å². The van der Waals surface area contributed by atoms with Gasteiger partial charge in [0.2, 0.25) is 0 Å². The van der Waals surface area contributed by atoms with Crippen LogP contribution in [-0.4, -0.2) is 30.3 Å². The fourth-order valence-electron chi connectivity index (χ4n) is 5.88. The van der Waals surface area contributed by atoms with E-state index in [1.165, 1.54) is 32.1 Å². The molecule has 6 rings (SSSR count). The molecule has 24 heavy (non-hydrogen) atoms. The maximum Gasteiger partial charge on any atom is 0.148 e. The Morgan fingerprint density at radius 1 is 1.25 bits per heavy atom. The predicted molar refractivity (Wildman–Crippen MR) is 90.8 cm³/mol. The summed E-state index contributed by atoms with van der Waals surface area (Å²) in [5.41, 5.74) is 0.155. The van der Waals surface area contributed by atoms with Crippen molar-refractivity contribution in [1.82, 2.24) is 24.7 Å². The molecule has 4 bridgehead atoms. The Labute approximate surface area is 146 Å². The highest BCUT2D eigenvalue weighted by Crippen LogP contribution is 2.61. The third-order valence-electron chi connectivity index (χ3n) is 6.18. The summed E-state index contributed by atoms with van der Waals surface area (Å²) < 4.78 is 2.12. The summed E-state index contributed by atoms with van der Waals surface area (Å²) in [5.74, 6) is 3.01. The topological polar surface area (TPSA) is 68.5 Å². The van der Waals surface area contributed by atoms with Crippen molar-refractivity contribution in [2.45, 2.75) is 56.5 Å². The molecule has 0 aliphatic heterocycles. The van der Waals surface area contributed by atoms with E-state index < -0.39 is 0 Å². The van der Waals surface area contributed by atoms with Gasteiger partial charge in [0, 0.05) is 5.54 Å². The van der Waals surface area contributed by atoms with Crippen LogP contribution in [0.4, 0.5) is 5.82 Å². The lowest BCUT2D eigenvalue weighted by Crippen LogP contribution is -2.62. The first-order chi connectivity index (χ1) is 11.6. The maximum atomic E-state index is 6.36.